The summed E-state index contributed by atoms with van der Waals surface area (Å²) >= 11 is 0. The van der Waals surface area contributed by atoms with E-state index in [4.69, 9.17) is 9.47 Å². The summed E-state index contributed by atoms with van der Waals surface area (Å²) in [5, 5.41) is 3.09. The third kappa shape index (κ3) is 7.03. The van der Waals surface area contributed by atoms with E-state index < -0.39 is 0 Å². The number of esters is 1. The molecule has 0 atom stereocenters. The molecule has 0 spiro atoms. The molecule has 1 aromatic rings. The van der Waals surface area contributed by atoms with Crippen molar-refractivity contribution >= 4 is 18.4 Å². The lowest BCUT2D eigenvalue weighted by Crippen LogP contribution is -2.09. The fourth-order valence-corrected chi connectivity index (χ4v) is 1.52. The predicted molar refractivity (Wildman–Crippen MR) is 78.3 cm³/mol. The van der Waals surface area contributed by atoms with Crippen LogP contribution in [-0.4, -0.2) is 32.8 Å². The summed E-state index contributed by atoms with van der Waals surface area (Å²) < 4.78 is 10.5. The van der Waals surface area contributed by atoms with Crippen LogP contribution >= 0.6 is 12.4 Å². The molecule has 0 aliphatic carbocycles. The zero-order chi connectivity index (χ0) is 13.2. The second-order valence-corrected chi connectivity index (χ2v) is 3.91. The van der Waals surface area contributed by atoms with E-state index in [0.717, 1.165) is 19.4 Å². The molecule has 0 aromatic heterocycles. The van der Waals surface area contributed by atoms with E-state index in [9.17, 15) is 4.79 Å². The Hall–Kier alpha value is -1.26. The maximum Gasteiger partial charge on any atom is 0.338 e. The van der Waals surface area contributed by atoms with Gasteiger partial charge in [-0.2, -0.15) is 0 Å². The Kier molecular flexibility index (Phi) is 9.94. The normalized spacial score (nSPS) is 9.58. The van der Waals surface area contributed by atoms with E-state index in [-0.39, 0.29) is 18.4 Å². The minimum Gasteiger partial charge on any atom is -0.494 e. The molecule has 0 radical (unpaired) electrons. The van der Waals surface area contributed by atoms with Crippen LogP contribution in [0.5, 0.6) is 5.75 Å². The van der Waals surface area contributed by atoms with Crippen LogP contribution in [0.3, 0.4) is 0 Å². The number of benzene rings is 1. The van der Waals surface area contributed by atoms with Gasteiger partial charge in [-0.15, -0.1) is 12.4 Å². The first-order chi connectivity index (χ1) is 8.77. The van der Waals surface area contributed by atoms with Crippen molar-refractivity contribution < 1.29 is 14.3 Å². The molecule has 1 N–H and O–H groups in total. The smallest absolute Gasteiger partial charge is 0.338 e. The van der Waals surface area contributed by atoms with Crippen LogP contribution in [-0.2, 0) is 4.74 Å². The lowest BCUT2D eigenvalue weighted by molar-refractivity contribution is 0.0526. The van der Waals surface area contributed by atoms with Gasteiger partial charge in [-0.3, -0.25) is 0 Å². The first-order valence-corrected chi connectivity index (χ1v) is 6.32. The Morgan fingerprint density at radius 3 is 2.79 bits per heavy atom. The number of hydrogen-bond acceptors (Lipinski definition) is 4. The van der Waals surface area contributed by atoms with Crippen molar-refractivity contribution in [1.29, 1.82) is 0 Å². The van der Waals surface area contributed by atoms with Crippen molar-refractivity contribution in [1.82, 2.24) is 5.32 Å². The second kappa shape index (κ2) is 10.6. The van der Waals surface area contributed by atoms with Crippen LogP contribution < -0.4 is 10.1 Å². The molecular formula is C14H22ClNO3. The van der Waals surface area contributed by atoms with Crippen molar-refractivity contribution in [3.8, 4) is 5.75 Å². The maximum absolute atomic E-state index is 11.5. The third-order valence-corrected chi connectivity index (χ3v) is 2.44. The van der Waals surface area contributed by atoms with E-state index in [1.807, 2.05) is 13.1 Å². The Labute approximate surface area is 120 Å². The van der Waals surface area contributed by atoms with Crippen molar-refractivity contribution in [2.75, 3.05) is 26.8 Å². The van der Waals surface area contributed by atoms with Crippen molar-refractivity contribution in [2.24, 2.45) is 0 Å². The Morgan fingerprint density at radius 1 is 1.32 bits per heavy atom. The average Bonchev–Trinajstić information content (AvgIpc) is 2.39. The quantitative estimate of drug-likeness (QED) is 0.590. The molecular weight excluding hydrogens is 266 g/mol. The molecule has 0 amide bonds. The van der Waals surface area contributed by atoms with Gasteiger partial charge in [-0.1, -0.05) is 6.07 Å². The molecule has 0 saturated carbocycles. The minimum absolute atomic E-state index is 0. The molecule has 0 aliphatic rings. The fraction of sp³-hybridized carbons (Fsp3) is 0.500. The number of unbranched alkanes of at least 4 members (excludes halogenated alkanes) is 1. The standard InChI is InChI=1S/C14H21NO3.ClH/c1-3-17-14(16)12-7-6-8-13(11-12)18-10-5-4-9-15-2;/h6-8,11,15H,3-5,9-10H2,1-2H3;1H. The number of carbonyl (C=O) groups excluding carboxylic acids is 1. The van der Waals surface area contributed by atoms with Crippen LogP contribution in [0.4, 0.5) is 0 Å². The average molecular weight is 288 g/mol. The number of ether oxygens (including phenoxy) is 2. The SMILES string of the molecule is CCOC(=O)c1cccc(OCCCCNC)c1.Cl. The van der Waals surface area contributed by atoms with Gasteiger partial charge in [0.25, 0.3) is 0 Å². The first kappa shape index (κ1) is 17.7. The summed E-state index contributed by atoms with van der Waals surface area (Å²) in [5.74, 6) is 0.406. The molecule has 0 fully saturated rings. The summed E-state index contributed by atoms with van der Waals surface area (Å²) in [6, 6.07) is 7.10. The fourth-order valence-electron chi connectivity index (χ4n) is 1.52. The molecule has 1 rings (SSSR count). The zero-order valence-electron chi connectivity index (χ0n) is 11.5. The predicted octanol–water partition coefficient (Wildman–Crippen LogP) is 2.66. The van der Waals surface area contributed by atoms with Gasteiger partial charge in [0, 0.05) is 0 Å². The number of hydrogen-bond donors (Lipinski definition) is 1. The molecule has 0 aliphatic heterocycles. The molecule has 4 nitrogen and oxygen atoms in total. The topological polar surface area (TPSA) is 47.6 Å². The molecule has 1 aromatic carbocycles. The van der Waals surface area contributed by atoms with Crippen molar-refractivity contribution in [3.63, 3.8) is 0 Å². The Balaban J connectivity index is 0.00000324. The van der Waals surface area contributed by atoms with E-state index in [1.54, 1.807) is 25.1 Å². The molecule has 108 valence electrons. The number of rotatable bonds is 8. The molecule has 0 unspecified atom stereocenters. The van der Waals surface area contributed by atoms with Gasteiger partial charge < -0.3 is 14.8 Å². The first-order valence-electron chi connectivity index (χ1n) is 6.32. The highest BCUT2D eigenvalue weighted by atomic mass is 35.5. The van der Waals surface area contributed by atoms with E-state index in [0.29, 0.717) is 24.5 Å². The molecule has 0 saturated heterocycles. The highest BCUT2D eigenvalue weighted by molar-refractivity contribution is 5.89. The van der Waals surface area contributed by atoms with Crippen LogP contribution in [0.1, 0.15) is 30.1 Å². The van der Waals surface area contributed by atoms with Gasteiger partial charge in [0.1, 0.15) is 5.75 Å². The van der Waals surface area contributed by atoms with Crippen LogP contribution in [0.25, 0.3) is 0 Å². The van der Waals surface area contributed by atoms with Crippen molar-refractivity contribution in [3.05, 3.63) is 29.8 Å². The van der Waals surface area contributed by atoms with Gasteiger partial charge >= 0.3 is 5.97 Å². The van der Waals surface area contributed by atoms with E-state index >= 15 is 0 Å². The zero-order valence-corrected chi connectivity index (χ0v) is 12.3. The lowest BCUT2D eigenvalue weighted by Gasteiger charge is -2.07. The van der Waals surface area contributed by atoms with Gasteiger partial charge in [-0.25, -0.2) is 4.79 Å². The van der Waals surface area contributed by atoms with Gasteiger partial charge in [0.05, 0.1) is 18.8 Å². The number of nitrogens with one attached hydrogen (secondary N) is 1. The summed E-state index contributed by atoms with van der Waals surface area (Å²) in [5.41, 5.74) is 0.532. The highest BCUT2D eigenvalue weighted by Crippen LogP contribution is 2.14. The number of carbonyl (C=O) groups is 1. The minimum atomic E-state index is -0.307. The molecule has 0 heterocycles. The molecule has 0 bridgehead atoms. The van der Waals surface area contributed by atoms with E-state index in [1.165, 1.54) is 0 Å². The van der Waals surface area contributed by atoms with Crippen molar-refractivity contribution in [2.45, 2.75) is 19.8 Å². The van der Waals surface area contributed by atoms with Gasteiger partial charge in [0.15, 0.2) is 0 Å². The maximum atomic E-state index is 11.5. The van der Waals surface area contributed by atoms with Gasteiger partial charge in [0.2, 0.25) is 0 Å². The molecule has 19 heavy (non-hydrogen) atoms. The second-order valence-electron chi connectivity index (χ2n) is 3.91. The van der Waals surface area contributed by atoms with Crippen LogP contribution in [0.2, 0.25) is 0 Å². The molecule has 5 heteroatoms. The summed E-state index contributed by atoms with van der Waals surface area (Å²) in [4.78, 5) is 11.5. The Morgan fingerprint density at radius 2 is 2.11 bits per heavy atom. The largest absolute Gasteiger partial charge is 0.494 e. The third-order valence-electron chi connectivity index (χ3n) is 2.44. The Bertz CT molecular complexity index is 371. The monoisotopic (exact) mass is 287 g/mol. The van der Waals surface area contributed by atoms with Crippen LogP contribution in [0, 0.1) is 0 Å². The van der Waals surface area contributed by atoms with Gasteiger partial charge in [-0.05, 0) is 51.6 Å². The summed E-state index contributed by atoms with van der Waals surface area (Å²) in [7, 11) is 1.93. The summed E-state index contributed by atoms with van der Waals surface area (Å²) in [6.07, 6.45) is 2.07. The number of halogens is 1. The highest BCUT2D eigenvalue weighted by Gasteiger charge is 2.06. The lowest BCUT2D eigenvalue weighted by atomic mass is 10.2. The van der Waals surface area contributed by atoms with E-state index in [2.05, 4.69) is 5.32 Å². The van der Waals surface area contributed by atoms with Crippen LogP contribution in [0.15, 0.2) is 24.3 Å². The summed E-state index contributed by atoms with van der Waals surface area (Å²) in [6.45, 7) is 3.83.